The molecule has 1 aliphatic heterocycles. The first kappa shape index (κ1) is 19.0. The van der Waals surface area contributed by atoms with Gasteiger partial charge in [-0.2, -0.15) is 0 Å². The van der Waals surface area contributed by atoms with Crippen molar-refractivity contribution < 1.29 is 0 Å². The first-order valence-corrected chi connectivity index (χ1v) is 8.94. The summed E-state index contributed by atoms with van der Waals surface area (Å²) in [4.78, 5) is 0. The molecule has 1 N–H and O–H groups in total. The molecule has 2 unspecified atom stereocenters. The monoisotopic (exact) mass is 269 g/mol. The number of hydrogen-bond donors (Lipinski definition) is 1. The zero-order valence-corrected chi connectivity index (χ0v) is 14.3. The topological polar surface area (TPSA) is 12.0 Å². The second kappa shape index (κ2) is 13.0. The molecule has 19 heavy (non-hydrogen) atoms. The Kier molecular flexibility index (Phi) is 12.9. The molecule has 0 aromatic carbocycles. The standard InChI is InChI=1S/C9H19N.C7H14.C2H6/c1-3-8(2)9-5-4-6-10-7-9;1-7-5-3-2-4-6-7;1-2/h8-10H,3-7H2,1-2H3;7H,2-6H2,1H3;1-2H3. The summed E-state index contributed by atoms with van der Waals surface area (Å²) in [6, 6.07) is 0. The minimum absolute atomic E-state index is 0.924. The lowest BCUT2D eigenvalue weighted by atomic mass is 9.86. The Morgan fingerprint density at radius 2 is 1.63 bits per heavy atom. The van der Waals surface area contributed by atoms with E-state index < -0.39 is 0 Å². The second-order valence-electron chi connectivity index (χ2n) is 6.24. The van der Waals surface area contributed by atoms with Crippen molar-refractivity contribution in [3.05, 3.63) is 0 Å². The quantitative estimate of drug-likeness (QED) is 0.683. The molecule has 0 bridgehead atoms. The Hall–Kier alpha value is -0.0400. The maximum Gasteiger partial charge on any atom is -0.00180 e. The van der Waals surface area contributed by atoms with Gasteiger partial charge in [-0.15, -0.1) is 0 Å². The van der Waals surface area contributed by atoms with Gasteiger partial charge in [0.2, 0.25) is 0 Å². The molecule has 1 saturated carbocycles. The van der Waals surface area contributed by atoms with Crippen LogP contribution < -0.4 is 5.32 Å². The Balaban J connectivity index is 0.000000316. The molecule has 2 rings (SSSR count). The van der Waals surface area contributed by atoms with E-state index >= 15 is 0 Å². The van der Waals surface area contributed by atoms with Crippen molar-refractivity contribution in [2.24, 2.45) is 17.8 Å². The van der Waals surface area contributed by atoms with Crippen LogP contribution in [0.15, 0.2) is 0 Å². The van der Waals surface area contributed by atoms with E-state index in [1.165, 1.54) is 64.5 Å². The van der Waals surface area contributed by atoms with E-state index in [4.69, 9.17) is 0 Å². The first-order chi connectivity index (χ1) is 9.24. The molecule has 1 aliphatic carbocycles. The summed E-state index contributed by atoms with van der Waals surface area (Å²) in [7, 11) is 0. The van der Waals surface area contributed by atoms with Crippen LogP contribution in [0.4, 0.5) is 0 Å². The molecule has 0 aromatic heterocycles. The van der Waals surface area contributed by atoms with Gasteiger partial charge in [0.15, 0.2) is 0 Å². The van der Waals surface area contributed by atoms with Crippen LogP contribution in [0.5, 0.6) is 0 Å². The van der Waals surface area contributed by atoms with Gasteiger partial charge in [0.1, 0.15) is 0 Å². The third kappa shape index (κ3) is 9.49. The van der Waals surface area contributed by atoms with Crippen LogP contribution in [0.25, 0.3) is 0 Å². The smallest absolute Gasteiger partial charge is 0.00180 e. The zero-order valence-electron chi connectivity index (χ0n) is 14.3. The summed E-state index contributed by atoms with van der Waals surface area (Å²) in [5.41, 5.74) is 0. The van der Waals surface area contributed by atoms with Gasteiger partial charge in [0.05, 0.1) is 0 Å². The molecule has 116 valence electrons. The summed E-state index contributed by atoms with van der Waals surface area (Å²) in [6.45, 7) is 13.5. The minimum atomic E-state index is 0.924. The van der Waals surface area contributed by atoms with E-state index in [0.29, 0.717) is 0 Å². The Morgan fingerprint density at radius 3 is 2.00 bits per heavy atom. The number of rotatable bonds is 2. The van der Waals surface area contributed by atoms with Gasteiger partial charge in [-0.25, -0.2) is 0 Å². The number of hydrogen-bond acceptors (Lipinski definition) is 1. The molecule has 0 spiro atoms. The van der Waals surface area contributed by atoms with E-state index in [9.17, 15) is 0 Å². The minimum Gasteiger partial charge on any atom is -0.316 e. The highest BCUT2D eigenvalue weighted by molar-refractivity contribution is 4.72. The highest BCUT2D eigenvalue weighted by Gasteiger charge is 2.17. The van der Waals surface area contributed by atoms with E-state index in [0.717, 1.165) is 17.8 Å². The fraction of sp³-hybridized carbons (Fsp3) is 1.00. The van der Waals surface area contributed by atoms with Gasteiger partial charge in [0.25, 0.3) is 0 Å². The lowest BCUT2D eigenvalue weighted by molar-refractivity contribution is 0.274. The molecular weight excluding hydrogens is 230 g/mol. The summed E-state index contributed by atoms with van der Waals surface area (Å²) in [6.07, 6.45) is 11.6. The van der Waals surface area contributed by atoms with Crippen molar-refractivity contribution in [2.75, 3.05) is 13.1 Å². The largest absolute Gasteiger partial charge is 0.316 e. The van der Waals surface area contributed by atoms with Gasteiger partial charge in [-0.3, -0.25) is 0 Å². The van der Waals surface area contributed by atoms with Crippen molar-refractivity contribution in [3.8, 4) is 0 Å². The SMILES string of the molecule is CC.CC1CCCCC1.CCC(C)C1CCCNC1. The third-order valence-corrected chi connectivity index (χ3v) is 4.68. The molecule has 1 heteroatoms. The maximum absolute atomic E-state index is 3.45. The van der Waals surface area contributed by atoms with Gasteiger partial charge in [-0.05, 0) is 43.7 Å². The predicted molar refractivity (Wildman–Crippen MR) is 88.6 cm³/mol. The summed E-state index contributed by atoms with van der Waals surface area (Å²) >= 11 is 0. The van der Waals surface area contributed by atoms with E-state index in [-0.39, 0.29) is 0 Å². The lowest BCUT2D eigenvalue weighted by Crippen LogP contribution is -2.33. The molecule has 2 fully saturated rings. The van der Waals surface area contributed by atoms with Gasteiger partial charge in [-0.1, -0.05) is 73.1 Å². The fourth-order valence-corrected chi connectivity index (χ4v) is 3.00. The molecule has 2 aliphatic rings. The van der Waals surface area contributed by atoms with Crippen molar-refractivity contribution in [1.82, 2.24) is 5.32 Å². The van der Waals surface area contributed by atoms with Crippen LogP contribution in [-0.2, 0) is 0 Å². The normalized spacial score (nSPS) is 25.4. The predicted octanol–water partition coefficient (Wildman–Crippen LogP) is 5.64. The summed E-state index contributed by atoms with van der Waals surface area (Å²) in [5, 5.41) is 3.45. The van der Waals surface area contributed by atoms with Crippen LogP contribution in [0.2, 0.25) is 0 Å². The molecule has 0 radical (unpaired) electrons. The average Bonchev–Trinajstić information content (AvgIpc) is 2.51. The lowest BCUT2D eigenvalue weighted by Gasteiger charge is -2.27. The molecule has 1 heterocycles. The first-order valence-electron chi connectivity index (χ1n) is 8.94. The van der Waals surface area contributed by atoms with Crippen molar-refractivity contribution in [3.63, 3.8) is 0 Å². The highest BCUT2D eigenvalue weighted by Crippen LogP contribution is 2.22. The maximum atomic E-state index is 3.45. The molecule has 1 saturated heterocycles. The third-order valence-electron chi connectivity index (χ3n) is 4.68. The van der Waals surface area contributed by atoms with Gasteiger partial charge in [0, 0.05) is 0 Å². The van der Waals surface area contributed by atoms with Crippen molar-refractivity contribution >= 4 is 0 Å². The Bertz CT molecular complexity index is 167. The van der Waals surface area contributed by atoms with Crippen LogP contribution in [-0.4, -0.2) is 13.1 Å². The van der Waals surface area contributed by atoms with Gasteiger partial charge >= 0.3 is 0 Å². The van der Waals surface area contributed by atoms with Crippen LogP contribution in [0.3, 0.4) is 0 Å². The molecule has 0 aromatic rings. The Labute approximate surface area is 122 Å². The van der Waals surface area contributed by atoms with Crippen LogP contribution >= 0.6 is 0 Å². The van der Waals surface area contributed by atoms with E-state index in [1.54, 1.807) is 0 Å². The fourth-order valence-electron chi connectivity index (χ4n) is 3.00. The zero-order chi connectivity index (χ0) is 14.5. The average molecular weight is 270 g/mol. The highest BCUT2D eigenvalue weighted by atomic mass is 14.9. The van der Waals surface area contributed by atoms with E-state index in [2.05, 4.69) is 26.1 Å². The molecular formula is C18H39N. The van der Waals surface area contributed by atoms with E-state index in [1.807, 2.05) is 13.8 Å². The molecule has 1 nitrogen and oxygen atoms in total. The second-order valence-corrected chi connectivity index (χ2v) is 6.24. The molecule has 2 atom stereocenters. The number of piperidine rings is 1. The van der Waals surface area contributed by atoms with Crippen LogP contribution in [0, 0.1) is 17.8 Å². The summed E-state index contributed by atoms with van der Waals surface area (Å²) < 4.78 is 0. The van der Waals surface area contributed by atoms with Crippen LogP contribution in [0.1, 0.15) is 86.0 Å². The van der Waals surface area contributed by atoms with Gasteiger partial charge < -0.3 is 5.32 Å². The Morgan fingerprint density at radius 1 is 1.00 bits per heavy atom. The molecule has 0 amide bonds. The number of nitrogens with one attached hydrogen (secondary N) is 1. The summed E-state index contributed by atoms with van der Waals surface area (Å²) in [5.74, 6) is 2.92. The van der Waals surface area contributed by atoms with Crippen molar-refractivity contribution in [2.45, 2.75) is 86.0 Å². The van der Waals surface area contributed by atoms with Crippen molar-refractivity contribution in [1.29, 1.82) is 0 Å².